The van der Waals surface area contributed by atoms with Crippen molar-refractivity contribution >= 4 is 49.7 Å². The minimum atomic E-state index is -3.35. The fourth-order valence-electron chi connectivity index (χ4n) is 3.02. The lowest BCUT2D eigenvalue weighted by atomic mass is 10.0. The number of fused-ring (bicyclic) bond motifs is 1. The Labute approximate surface area is 173 Å². The van der Waals surface area contributed by atoms with Crippen molar-refractivity contribution in [3.05, 3.63) is 78.1 Å². The summed E-state index contributed by atoms with van der Waals surface area (Å²) < 4.78 is 25.5. The molecule has 2 N–H and O–H groups in total. The van der Waals surface area contributed by atoms with E-state index >= 15 is 0 Å². The molecule has 1 aromatic heterocycles. The first-order valence-corrected chi connectivity index (χ1v) is 11.0. The highest BCUT2D eigenvalue weighted by Crippen LogP contribution is 2.30. The summed E-state index contributed by atoms with van der Waals surface area (Å²) in [6.07, 6.45) is 2.63. The fourth-order valence-corrected chi connectivity index (χ4v) is 3.76. The molecule has 29 heavy (non-hydrogen) atoms. The maximum absolute atomic E-state index is 11.5. The molecule has 0 saturated heterocycles. The van der Waals surface area contributed by atoms with E-state index in [9.17, 15) is 8.42 Å². The standard InChI is InChI=1S/C21H17ClN4O2S/c1-29(27,28)26-18-7-2-4-14(10-18)15-8-9-20-19(11-15)21(24-13-23-20)25-17-6-3-5-16(22)12-17/h2-13,26H,1H3,(H,23,24,25). The third-order valence-electron chi connectivity index (χ3n) is 4.22. The molecule has 3 aromatic carbocycles. The first-order valence-electron chi connectivity index (χ1n) is 8.73. The van der Waals surface area contributed by atoms with Gasteiger partial charge in [0.2, 0.25) is 10.0 Å². The lowest BCUT2D eigenvalue weighted by Crippen LogP contribution is -2.09. The van der Waals surface area contributed by atoms with Crippen molar-refractivity contribution in [2.24, 2.45) is 0 Å². The Morgan fingerprint density at radius 2 is 1.62 bits per heavy atom. The van der Waals surface area contributed by atoms with E-state index in [0.29, 0.717) is 16.5 Å². The zero-order valence-electron chi connectivity index (χ0n) is 15.4. The Morgan fingerprint density at radius 3 is 2.41 bits per heavy atom. The van der Waals surface area contributed by atoms with Crippen molar-refractivity contribution < 1.29 is 8.42 Å². The first kappa shape index (κ1) is 19.2. The summed E-state index contributed by atoms with van der Waals surface area (Å²) in [6, 6.07) is 20.4. The average molecular weight is 425 g/mol. The summed E-state index contributed by atoms with van der Waals surface area (Å²) in [4.78, 5) is 8.71. The predicted octanol–water partition coefficient (Wildman–Crippen LogP) is 5.07. The summed E-state index contributed by atoms with van der Waals surface area (Å²) in [5.41, 5.74) is 3.91. The van der Waals surface area contributed by atoms with E-state index in [2.05, 4.69) is 20.0 Å². The average Bonchev–Trinajstić information content (AvgIpc) is 2.67. The second-order valence-electron chi connectivity index (χ2n) is 6.54. The largest absolute Gasteiger partial charge is 0.340 e. The number of aromatic nitrogens is 2. The van der Waals surface area contributed by atoms with Crippen LogP contribution in [0.1, 0.15) is 0 Å². The summed E-state index contributed by atoms with van der Waals surface area (Å²) in [6.45, 7) is 0. The van der Waals surface area contributed by atoms with Gasteiger partial charge in [-0.2, -0.15) is 0 Å². The van der Waals surface area contributed by atoms with Gasteiger partial charge in [-0.25, -0.2) is 18.4 Å². The molecule has 0 unspecified atom stereocenters. The van der Waals surface area contributed by atoms with Crippen LogP contribution in [0.2, 0.25) is 5.02 Å². The SMILES string of the molecule is CS(=O)(=O)Nc1cccc(-c2ccc3ncnc(Nc4cccc(Cl)c4)c3c2)c1. The van der Waals surface area contributed by atoms with Gasteiger partial charge in [0.1, 0.15) is 12.1 Å². The molecule has 0 spiro atoms. The quantitative estimate of drug-likeness (QED) is 0.467. The van der Waals surface area contributed by atoms with Gasteiger partial charge in [-0.15, -0.1) is 0 Å². The molecule has 0 aliphatic carbocycles. The molecule has 0 radical (unpaired) electrons. The molecule has 146 valence electrons. The molecule has 8 heteroatoms. The van der Waals surface area contributed by atoms with Gasteiger partial charge in [-0.05, 0) is 53.6 Å². The van der Waals surface area contributed by atoms with Crippen LogP contribution in [0.3, 0.4) is 0 Å². The van der Waals surface area contributed by atoms with Gasteiger partial charge in [0, 0.05) is 21.8 Å². The molecule has 0 atom stereocenters. The Kier molecular flexibility index (Phi) is 5.08. The minimum absolute atomic E-state index is 0.506. The first-order chi connectivity index (χ1) is 13.9. The van der Waals surface area contributed by atoms with Gasteiger partial charge in [-0.3, -0.25) is 4.72 Å². The number of anilines is 3. The molecular weight excluding hydrogens is 408 g/mol. The summed E-state index contributed by atoms with van der Waals surface area (Å²) in [5, 5.41) is 4.75. The highest BCUT2D eigenvalue weighted by Gasteiger charge is 2.09. The molecule has 0 bridgehead atoms. The normalized spacial score (nSPS) is 11.4. The van der Waals surface area contributed by atoms with E-state index in [1.807, 2.05) is 42.5 Å². The molecule has 0 aliphatic rings. The van der Waals surface area contributed by atoms with Crippen LogP contribution in [-0.2, 0) is 10.0 Å². The van der Waals surface area contributed by atoms with Gasteiger partial charge < -0.3 is 5.32 Å². The number of benzene rings is 3. The monoisotopic (exact) mass is 424 g/mol. The van der Waals surface area contributed by atoms with Gasteiger partial charge >= 0.3 is 0 Å². The topological polar surface area (TPSA) is 84.0 Å². The van der Waals surface area contributed by atoms with Gasteiger partial charge in [-0.1, -0.05) is 35.9 Å². The van der Waals surface area contributed by atoms with Crippen molar-refractivity contribution in [2.75, 3.05) is 16.3 Å². The van der Waals surface area contributed by atoms with Gasteiger partial charge in [0.05, 0.1) is 11.8 Å². The van der Waals surface area contributed by atoms with E-state index in [1.165, 1.54) is 6.33 Å². The highest BCUT2D eigenvalue weighted by molar-refractivity contribution is 7.92. The lowest BCUT2D eigenvalue weighted by molar-refractivity contribution is 0.607. The number of hydrogen-bond donors (Lipinski definition) is 2. The van der Waals surface area contributed by atoms with Crippen molar-refractivity contribution in [3.63, 3.8) is 0 Å². The van der Waals surface area contributed by atoms with Gasteiger partial charge in [0.25, 0.3) is 0 Å². The third-order valence-corrected chi connectivity index (χ3v) is 5.06. The van der Waals surface area contributed by atoms with Crippen LogP contribution >= 0.6 is 11.6 Å². The fraction of sp³-hybridized carbons (Fsp3) is 0.0476. The molecule has 0 aliphatic heterocycles. The zero-order valence-corrected chi connectivity index (χ0v) is 17.0. The van der Waals surface area contributed by atoms with Crippen molar-refractivity contribution in [1.82, 2.24) is 9.97 Å². The Morgan fingerprint density at radius 1 is 0.862 bits per heavy atom. The van der Waals surface area contributed by atoms with E-state index in [0.717, 1.165) is 34.0 Å². The Bertz CT molecular complexity index is 1310. The number of sulfonamides is 1. The number of nitrogens with zero attached hydrogens (tertiary/aromatic N) is 2. The second kappa shape index (κ2) is 7.69. The third kappa shape index (κ3) is 4.64. The van der Waals surface area contributed by atoms with Crippen LogP contribution in [0.4, 0.5) is 17.2 Å². The van der Waals surface area contributed by atoms with Crippen LogP contribution < -0.4 is 10.0 Å². The van der Waals surface area contributed by atoms with Crippen molar-refractivity contribution in [1.29, 1.82) is 0 Å². The van der Waals surface area contributed by atoms with Crippen LogP contribution in [0.15, 0.2) is 73.1 Å². The van der Waals surface area contributed by atoms with Gasteiger partial charge in [0.15, 0.2) is 0 Å². The van der Waals surface area contributed by atoms with E-state index in [1.54, 1.807) is 24.3 Å². The second-order valence-corrected chi connectivity index (χ2v) is 8.73. The van der Waals surface area contributed by atoms with E-state index in [-0.39, 0.29) is 0 Å². The Balaban J connectivity index is 1.75. The van der Waals surface area contributed by atoms with Crippen LogP contribution in [0.5, 0.6) is 0 Å². The predicted molar refractivity (Wildman–Crippen MR) is 118 cm³/mol. The summed E-state index contributed by atoms with van der Waals surface area (Å²) >= 11 is 6.07. The van der Waals surface area contributed by atoms with Crippen LogP contribution in [0.25, 0.3) is 22.0 Å². The molecule has 0 saturated carbocycles. The maximum Gasteiger partial charge on any atom is 0.229 e. The molecule has 4 aromatic rings. The summed E-state index contributed by atoms with van der Waals surface area (Å²) in [5.74, 6) is 0.657. The molecule has 0 amide bonds. The van der Waals surface area contributed by atoms with E-state index in [4.69, 9.17) is 11.6 Å². The minimum Gasteiger partial charge on any atom is -0.340 e. The molecule has 6 nitrogen and oxygen atoms in total. The molecule has 0 fully saturated rings. The Hall–Kier alpha value is -3.16. The zero-order chi connectivity index (χ0) is 20.4. The van der Waals surface area contributed by atoms with Crippen molar-refractivity contribution in [2.45, 2.75) is 0 Å². The molecule has 4 rings (SSSR count). The summed E-state index contributed by atoms with van der Waals surface area (Å²) in [7, 11) is -3.35. The number of rotatable bonds is 5. The lowest BCUT2D eigenvalue weighted by Gasteiger charge is -2.11. The molecule has 1 heterocycles. The maximum atomic E-state index is 11.5. The number of halogens is 1. The smallest absolute Gasteiger partial charge is 0.229 e. The van der Waals surface area contributed by atoms with Crippen molar-refractivity contribution in [3.8, 4) is 11.1 Å². The highest BCUT2D eigenvalue weighted by atomic mass is 35.5. The number of nitrogens with one attached hydrogen (secondary N) is 2. The number of hydrogen-bond acceptors (Lipinski definition) is 5. The van der Waals surface area contributed by atoms with Crippen LogP contribution in [0, 0.1) is 0 Å². The molecular formula is C21H17ClN4O2S. The van der Waals surface area contributed by atoms with Crippen LogP contribution in [-0.4, -0.2) is 24.6 Å². The van der Waals surface area contributed by atoms with E-state index < -0.39 is 10.0 Å².